The second-order valence-electron chi connectivity index (χ2n) is 5.21. The van der Waals surface area contributed by atoms with Crippen molar-refractivity contribution in [3.8, 4) is 6.07 Å². The number of unbranched alkanes of at least 4 members (excludes halogenated alkanes) is 1. The molecule has 0 saturated carbocycles. The van der Waals surface area contributed by atoms with Crippen LogP contribution < -0.4 is 11.1 Å². The van der Waals surface area contributed by atoms with E-state index in [0.717, 1.165) is 43.4 Å². The maximum Gasteiger partial charge on any atom is 0.240 e. The van der Waals surface area contributed by atoms with Gasteiger partial charge in [0.15, 0.2) is 0 Å². The van der Waals surface area contributed by atoms with Gasteiger partial charge in [-0.25, -0.2) is 4.98 Å². The number of amides is 1. The van der Waals surface area contributed by atoms with Gasteiger partial charge in [-0.05, 0) is 31.4 Å². The zero-order chi connectivity index (χ0) is 15.8. The van der Waals surface area contributed by atoms with E-state index in [0.29, 0.717) is 12.0 Å². The molecule has 0 bridgehead atoms. The number of thioether (sulfide) groups is 1. The summed E-state index contributed by atoms with van der Waals surface area (Å²) in [4.78, 5) is 18.0. The van der Waals surface area contributed by atoms with Gasteiger partial charge in [0.05, 0.1) is 17.5 Å². The first-order chi connectivity index (χ1) is 10.7. The molecule has 9 heteroatoms. The molecular formula is C15H23Cl2N5OS. The second kappa shape index (κ2) is 12.2. The minimum Gasteiger partial charge on any atom is -0.370 e. The SMILES string of the molecule is Cl.Cl.N#Cc1ccc(NCCCC[C@H](N)C(=O)N2CCSC2)nc1. The van der Waals surface area contributed by atoms with Crippen LogP contribution in [-0.2, 0) is 4.79 Å². The standard InChI is InChI=1S/C15H21N5OS.2ClH/c16-9-12-4-5-14(19-10-12)18-6-2-1-3-13(17)15(21)20-7-8-22-11-20;;/h4-5,10,13H,1-3,6-8,11,17H2,(H,18,19);2*1H/t13-;;/m0../s1. The van der Waals surface area contributed by atoms with Gasteiger partial charge < -0.3 is 16.0 Å². The van der Waals surface area contributed by atoms with Crippen molar-refractivity contribution in [2.45, 2.75) is 25.3 Å². The van der Waals surface area contributed by atoms with E-state index in [9.17, 15) is 4.79 Å². The van der Waals surface area contributed by atoms with Gasteiger partial charge in [-0.15, -0.1) is 36.6 Å². The van der Waals surface area contributed by atoms with E-state index in [1.807, 2.05) is 11.0 Å². The summed E-state index contributed by atoms with van der Waals surface area (Å²) in [7, 11) is 0. The van der Waals surface area contributed by atoms with Crippen LogP contribution in [0.15, 0.2) is 18.3 Å². The van der Waals surface area contributed by atoms with Crippen molar-refractivity contribution >= 4 is 48.3 Å². The number of carbonyl (C=O) groups is 1. The number of hydrogen-bond acceptors (Lipinski definition) is 6. The lowest BCUT2D eigenvalue weighted by atomic mass is 10.1. The third-order valence-electron chi connectivity index (χ3n) is 3.52. The third-order valence-corrected chi connectivity index (χ3v) is 4.49. The van der Waals surface area contributed by atoms with Gasteiger partial charge in [0.2, 0.25) is 5.91 Å². The van der Waals surface area contributed by atoms with E-state index in [4.69, 9.17) is 11.0 Å². The summed E-state index contributed by atoms with van der Waals surface area (Å²) in [5.74, 6) is 2.62. The topological polar surface area (TPSA) is 95.0 Å². The van der Waals surface area contributed by atoms with E-state index in [1.54, 1.807) is 30.1 Å². The molecule has 0 spiro atoms. The first kappa shape index (κ1) is 22.8. The van der Waals surface area contributed by atoms with E-state index in [2.05, 4.69) is 10.3 Å². The molecule has 1 amide bonds. The molecule has 0 aliphatic carbocycles. The molecule has 0 unspecified atom stereocenters. The Labute approximate surface area is 159 Å². The van der Waals surface area contributed by atoms with Crippen molar-refractivity contribution in [3.63, 3.8) is 0 Å². The van der Waals surface area contributed by atoms with Crippen molar-refractivity contribution in [1.82, 2.24) is 9.88 Å². The largest absolute Gasteiger partial charge is 0.370 e. The zero-order valence-electron chi connectivity index (χ0n) is 13.3. The maximum absolute atomic E-state index is 12.0. The Morgan fingerprint density at radius 2 is 2.25 bits per heavy atom. The van der Waals surface area contributed by atoms with Crippen LogP contribution in [0.25, 0.3) is 0 Å². The highest BCUT2D eigenvalue weighted by atomic mass is 35.5. The number of nitriles is 1. The molecule has 1 saturated heterocycles. The smallest absolute Gasteiger partial charge is 0.240 e. The Hall–Kier alpha value is -1.20. The molecule has 0 aromatic carbocycles. The molecular weight excluding hydrogens is 369 g/mol. The lowest BCUT2D eigenvalue weighted by molar-refractivity contribution is -0.131. The summed E-state index contributed by atoms with van der Waals surface area (Å²) in [6.45, 7) is 1.60. The lowest BCUT2D eigenvalue weighted by Gasteiger charge is -2.19. The van der Waals surface area contributed by atoms with E-state index < -0.39 is 0 Å². The highest BCUT2D eigenvalue weighted by Crippen LogP contribution is 2.15. The van der Waals surface area contributed by atoms with E-state index in [-0.39, 0.29) is 36.8 Å². The first-order valence-electron chi connectivity index (χ1n) is 7.43. The Kier molecular flexibility index (Phi) is 11.6. The van der Waals surface area contributed by atoms with Crippen molar-refractivity contribution in [2.24, 2.45) is 5.73 Å². The van der Waals surface area contributed by atoms with Crippen LogP contribution in [0.4, 0.5) is 5.82 Å². The Morgan fingerprint density at radius 3 is 2.83 bits per heavy atom. The van der Waals surface area contributed by atoms with Crippen molar-refractivity contribution in [1.29, 1.82) is 5.26 Å². The Bertz CT molecular complexity index is 532. The van der Waals surface area contributed by atoms with Crippen molar-refractivity contribution in [3.05, 3.63) is 23.9 Å². The van der Waals surface area contributed by atoms with Gasteiger partial charge in [-0.1, -0.05) is 0 Å². The molecule has 1 aromatic heterocycles. The number of pyridine rings is 1. The molecule has 1 fully saturated rings. The molecule has 134 valence electrons. The fourth-order valence-electron chi connectivity index (χ4n) is 2.22. The lowest BCUT2D eigenvalue weighted by Crippen LogP contribution is -2.42. The highest BCUT2D eigenvalue weighted by molar-refractivity contribution is 7.99. The molecule has 2 heterocycles. The van der Waals surface area contributed by atoms with Gasteiger partial charge in [0, 0.05) is 25.0 Å². The molecule has 1 aliphatic rings. The fraction of sp³-hybridized carbons (Fsp3) is 0.533. The van der Waals surface area contributed by atoms with Gasteiger partial charge >= 0.3 is 0 Å². The van der Waals surface area contributed by atoms with Gasteiger partial charge in [-0.2, -0.15) is 5.26 Å². The van der Waals surface area contributed by atoms with Crippen LogP contribution in [0.1, 0.15) is 24.8 Å². The quantitative estimate of drug-likeness (QED) is 0.691. The number of nitrogens with one attached hydrogen (secondary N) is 1. The Balaban J connectivity index is 0.00000264. The maximum atomic E-state index is 12.0. The summed E-state index contributed by atoms with van der Waals surface area (Å²) >= 11 is 1.77. The second-order valence-corrected chi connectivity index (χ2v) is 6.29. The number of anilines is 1. The summed E-state index contributed by atoms with van der Waals surface area (Å²) in [5, 5.41) is 11.9. The molecule has 2 rings (SSSR count). The van der Waals surface area contributed by atoms with Crippen LogP contribution in [0, 0.1) is 11.3 Å². The molecule has 3 N–H and O–H groups in total. The van der Waals surface area contributed by atoms with Crippen molar-refractivity contribution < 1.29 is 4.79 Å². The number of hydrogen-bond donors (Lipinski definition) is 2. The highest BCUT2D eigenvalue weighted by Gasteiger charge is 2.23. The summed E-state index contributed by atoms with van der Waals surface area (Å²) in [6, 6.07) is 5.18. The van der Waals surface area contributed by atoms with Gasteiger partial charge in [0.25, 0.3) is 0 Å². The summed E-state index contributed by atoms with van der Waals surface area (Å²) < 4.78 is 0. The average Bonchev–Trinajstić information content (AvgIpc) is 3.08. The Morgan fingerprint density at radius 1 is 1.46 bits per heavy atom. The molecule has 0 radical (unpaired) electrons. The van der Waals surface area contributed by atoms with Crippen LogP contribution in [0.2, 0.25) is 0 Å². The van der Waals surface area contributed by atoms with Crippen LogP contribution in [0.3, 0.4) is 0 Å². The minimum absolute atomic E-state index is 0. The van der Waals surface area contributed by atoms with Crippen LogP contribution in [-0.4, -0.2) is 46.6 Å². The summed E-state index contributed by atoms with van der Waals surface area (Å²) in [6.07, 6.45) is 4.09. The minimum atomic E-state index is -0.383. The number of nitrogens with zero attached hydrogens (tertiary/aromatic N) is 3. The molecule has 1 atom stereocenters. The normalized spacial score (nSPS) is 14.1. The van der Waals surface area contributed by atoms with Gasteiger partial charge in [0.1, 0.15) is 11.9 Å². The van der Waals surface area contributed by atoms with E-state index >= 15 is 0 Å². The number of carbonyl (C=O) groups excluding carboxylic acids is 1. The summed E-state index contributed by atoms with van der Waals surface area (Å²) in [5.41, 5.74) is 6.51. The fourth-order valence-corrected chi connectivity index (χ4v) is 3.17. The number of nitrogens with two attached hydrogens (primary N) is 1. The average molecular weight is 392 g/mol. The van der Waals surface area contributed by atoms with Gasteiger partial charge in [-0.3, -0.25) is 4.79 Å². The van der Waals surface area contributed by atoms with E-state index in [1.165, 1.54) is 0 Å². The van der Waals surface area contributed by atoms with Crippen LogP contribution in [0.5, 0.6) is 0 Å². The monoisotopic (exact) mass is 391 g/mol. The third kappa shape index (κ3) is 7.14. The molecule has 6 nitrogen and oxygen atoms in total. The van der Waals surface area contributed by atoms with Crippen LogP contribution >= 0.6 is 36.6 Å². The molecule has 24 heavy (non-hydrogen) atoms. The predicted octanol–water partition coefficient (Wildman–Crippen LogP) is 2.24. The first-order valence-corrected chi connectivity index (χ1v) is 8.58. The predicted molar refractivity (Wildman–Crippen MR) is 103 cm³/mol. The number of aromatic nitrogens is 1. The molecule has 1 aliphatic heterocycles. The number of halogens is 2. The van der Waals surface area contributed by atoms with Crippen molar-refractivity contribution in [2.75, 3.05) is 30.0 Å². The molecule has 1 aromatic rings. The number of rotatable bonds is 7. The zero-order valence-corrected chi connectivity index (χ0v) is 15.8.